The number of nitrogens with zero attached hydrogens (tertiary/aromatic N) is 1. The van der Waals surface area contributed by atoms with Gasteiger partial charge in [0.15, 0.2) is 0 Å². The number of rotatable bonds is 6. The highest BCUT2D eigenvalue weighted by atomic mass is 79.9. The van der Waals surface area contributed by atoms with Gasteiger partial charge in [-0.1, -0.05) is 25.5 Å². The van der Waals surface area contributed by atoms with Gasteiger partial charge in [0.1, 0.15) is 5.69 Å². The molecule has 0 bridgehead atoms. The van der Waals surface area contributed by atoms with Crippen LogP contribution in [0.15, 0.2) is 47.1 Å². The molecule has 0 unspecified atom stereocenters. The normalized spacial score (nSPS) is 10.2. The van der Waals surface area contributed by atoms with E-state index in [2.05, 4.69) is 38.5 Å². The predicted molar refractivity (Wildman–Crippen MR) is 93.6 cm³/mol. The minimum absolute atomic E-state index is 0.198. The van der Waals surface area contributed by atoms with Crippen molar-refractivity contribution in [2.24, 2.45) is 0 Å². The van der Waals surface area contributed by atoms with E-state index in [4.69, 9.17) is 0 Å². The number of halogens is 1. The Bertz CT molecular complexity index is 704. The molecule has 23 heavy (non-hydrogen) atoms. The van der Waals surface area contributed by atoms with Crippen molar-refractivity contribution in [3.63, 3.8) is 0 Å². The summed E-state index contributed by atoms with van der Waals surface area (Å²) < 4.78 is 0.779. The van der Waals surface area contributed by atoms with Crippen molar-refractivity contribution in [3.8, 4) is 0 Å². The first-order valence-electron chi connectivity index (χ1n) is 7.42. The van der Waals surface area contributed by atoms with E-state index in [0.29, 0.717) is 17.8 Å². The Hall–Kier alpha value is -2.21. The van der Waals surface area contributed by atoms with Gasteiger partial charge in [-0.05, 0) is 46.6 Å². The molecule has 0 aliphatic heterocycles. The summed E-state index contributed by atoms with van der Waals surface area (Å²) in [5.74, 6) is -0.559. The molecule has 2 amide bonds. The lowest BCUT2D eigenvalue weighted by molar-refractivity contribution is 0.0953. The first kappa shape index (κ1) is 17.1. The maximum Gasteiger partial charge on any atom is 0.274 e. The third-order valence-electron chi connectivity index (χ3n) is 3.19. The van der Waals surface area contributed by atoms with E-state index >= 15 is 0 Å². The summed E-state index contributed by atoms with van der Waals surface area (Å²) in [6, 6.07) is 10.4. The van der Waals surface area contributed by atoms with Crippen molar-refractivity contribution in [2.45, 2.75) is 19.8 Å². The molecule has 0 fully saturated rings. The van der Waals surface area contributed by atoms with Gasteiger partial charge in [0, 0.05) is 22.8 Å². The van der Waals surface area contributed by atoms with Gasteiger partial charge in [-0.25, -0.2) is 0 Å². The van der Waals surface area contributed by atoms with Gasteiger partial charge in [0.25, 0.3) is 11.8 Å². The Morgan fingerprint density at radius 1 is 1.17 bits per heavy atom. The van der Waals surface area contributed by atoms with Gasteiger partial charge < -0.3 is 10.6 Å². The second kappa shape index (κ2) is 8.43. The molecule has 5 nitrogen and oxygen atoms in total. The molecule has 0 atom stereocenters. The van der Waals surface area contributed by atoms with Gasteiger partial charge in [-0.2, -0.15) is 0 Å². The number of para-hydroxylation sites is 1. The van der Waals surface area contributed by atoms with Gasteiger partial charge in [-0.3, -0.25) is 14.6 Å². The van der Waals surface area contributed by atoms with Gasteiger partial charge in [0.05, 0.1) is 5.69 Å². The van der Waals surface area contributed by atoms with E-state index in [-0.39, 0.29) is 17.5 Å². The zero-order valence-corrected chi connectivity index (χ0v) is 14.4. The summed E-state index contributed by atoms with van der Waals surface area (Å²) >= 11 is 3.37. The number of nitrogens with one attached hydrogen (secondary N) is 2. The van der Waals surface area contributed by atoms with Crippen molar-refractivity contribution in [1.29, 1.82) is 0 Å². The summed E-state index contributed by atoms with van der Waals surface area (Å²) in [5.41, 5.74) is 1.27. The molecule has 2 aromatic rings. The molecule has 2 rings (SSSR count). The molecule has 1 heterocycles. The fraction of sp³-hybridized carbons (Fsp3) is 0.235. The zero-order valence-electron chi connectivity index (χ0n) is 12.8. The number of benzene rings is 1. The van der Waals surface area contributed by atoms with Crippen LogP contribution in [0.4, 0.5) is 5.69 Å². The molecule has 2 N–H and O–H groups in total. The zero-order chi connectivity index (χ0) is 16.7. The average Bonchev–Trinajstić information content (AvgIpc) is 2.57. The van der Waals surface area contributed by atoms with Gasteiger partial charge >= 0.3 is 0 Å². The number of amides is 2. The average molecular weight is 376 g/mol. The first-order valence-corrected chi connectivity index (χ1v) is 8.21. The molecule has 1 aromatic heterocycles. The van der Waals surface area contributed by atoms with Crippen molar-refractivity contribution in [3.05, 3.63) is 58.3 Å². The fourth-order valence-corrected chi connectivity index (χ4v) is 2.31. The number of hydrogen-bond acceptors (Lipinski definition) is 3. The van der Waals surface area contributed by atoms with Crippen LogP contribution in [0.25, 0.3) is 0 Å². The van der Waals surface area contributed by atoms with Crippen LogP contribution in [-0.4, -0.2) is 23.3 Å². The maximum atomic E-state index is 12.3. The third kappa shape index (κ3) is 4.89. The first-order chi connectivity index (χ1) is 11.1. The molecule has 0 aliphatic carbocycles. The number of unbranched alkanes of at least 4 members (excludes halogenated alkanes) is 1. The Morgan fingerprint density at radius 3 is 2.70 bits per heavy atom. The van der Waals surface area contributed by atoms with E-state index in [1.807, 2.05) is 18.2 Å². The van der Waals surface area contributed by atoms with E-state index in [1.165, 1.54) is 12.3 Å². The molecule has 0 spiro atoms. The maximum absolute atomic E-state index is 12.3. The summed E-state index contributed by atoms with van der Waals surface area (Å²) in [6.07, 6.45) is 3.39. The molecular weight excluding hydrogens is 358 g/mol. The Labute approximate surface area is 143 Å². The van der Waals surface area contributed by atoms with Crippen LogP contribution >= 0.6 is 15.9 Å². The minimum atomic E-state index is -0.361. The molecule has 6 heteroatoms. The van der Waals surface area contributed by atoms with Crippen molar-refractivity contribution in [2.75, 3.05) is 11.9 Å². The smallest absolute Gasteiger partial charge is 0.274 e. The lowest BCUT2D eigenvalue weighted by Crippen LogP contribution is -2.25. The van der Waals surface area contributed by atoms with Crippen molar-refractivity contribution < 1.29 is 9.59 Å². The fourth-order valence-electron chi connectivity index (χ4n) is 1.93. The molecule has 0 saturated carbocycles. The van der Waals surface area contributed by atoms with Crippen LogP contribution in [0, 0.1) is 0 Å². The number of aromatic nitrogens is 1. The Morgan fingerprint density at radius 2 is 1.96 bits per heavy atom. The van der Waals surface area contributed by atoms with E-state index in [9.17, 15) is 9.59 Å². The quantitative estimate of drug-likeness (QED) is 0.757. The second-order valence-corrected chi connectivity index (χ2v) is 5.83. The minimum Gasteiger partial charge on any atom is -0.352 e. The van der Waals surface area contributed by atoms with Gasteiger partial charge in [-0.15, -0.1) is 0 Å². The van der Waals surface area contributed by atoms with Crippen molar-refractivity contribution >= 4 is 33.4 Å². The molecular formula is C17H18BrN3O2. The van der Waals surface area contributed by atoms with Crippen LogP contribution in [-0.2, 0) is 0 Å². The van der Waals surface area contributed by atoms with Crippen molar-refractivity contribution in [1.82, 2.24) is 10.3 Å². The Kier molecular flexibility index (Phi) is 6.29. The predicted octanol–water partition coefficient (Wildman–Crippen LogP) is 3.63. The number of pyridine rings is 1. The van der Waals surface area contributed by atoms with Crippen LogP contribution in [0.3, 0.4) is 0 Å². The lowest BCUT2D eigenvalue weighted by atomic mass is 10.2. The number of carbonyl (C=O) groups is 2. The van der Waals surface area contributed by atoms with Crippen LogP contribution in [0.1, 0.15) is 40.6 Å². The summed E-state index contributed by atoms with van der Waals surface area (Å²) in [7, 11) is 0. The van der Waals surface area contributed by atoms with E-state index < -0.39 is 0 Å². The lowest BCUT2D eigenvalue weighted by Gasteiger charge is -2.08. The summed E-state index contributed by atoms with van der Waals surface area (Å²) in [4.78, 5) is 28.3. The van der Waals surface area contributed by atoms with Crippen LogP contribution < -0.4 is 10.6 Å². The summed E-state index contributed by atoms with van der Waals surface area (Å²) in [5, 5.41) is 5.58. The monoisotopic (exact) mass is 375 g/mol. The third-order valence-corrected chi connectivity index (χ3v) is 3.88. The highest BCUT2D eigenvalue weighted by Gasteiger charge is 2.12. The van der Waals surface area contributed by atoms with Crippen LogP contribution in [0.5, 0.6) is 0 Å². The van der Waals surface area contributed by atoms with E-state index in [1.54, 1.807) is 12.1 Å². The molecule has 0 radical (unpaired) electrons. The van der Waals surface area contributed by atoms with Gasteiger partial charge in [0.2, 0.25) is 0 Å². The SMILES string of the molecule is CCCCNC(=O)c1ccnc(C(=O)Nc2ccccc2Br)c1. The standard InChI is InChI=1S/C17H18BrN3O2/c1-2-3-9-20-16(22)12-8-10-19-15(11-12)17(23)21-14-7-5-4-6-13(14)18/h4-8,10-11H,2-3,9H2,1H3,(H,20,22)(H,21,23). The highest BCUT2D eigenvalue weighted by molar-refractivity contribution is 9.10. The highest BCUT2D eigenvalue weighted by Crippen LogP contribution is 2.21. The second-order valence-electron chi connectivity index (χ2n) is 4.97. The number of hydrogen-bond donors (Lipinski definition) is 2. The summed E-state index contributed by atoms with van der Waals surface area (Å²) in [6.45, 7) is 2.68. The molecule has 1 aromatic carbocycles. The molecule has 0 saturated heterocycles. The number of anilines is 1. The molecule has 0 aliphatic rings. The van der Waals surface area contributed by atoms with E-state index in [0.717, 1.165) is 17.3 Å². The molecule has 120 valence electrons. The van der Waals surface area contributed by atoms with Crippen LogP contribution in [0.2, 0.25) is 0 Å². The number of carbonyl (C=O) groups excluding carboxylic acids is 2. The topological polar surface area (TPSA) is 71.1 Å². The largest absolute Gasteiger partial charge is 0.352 e. The Balaban J connectivity index is 2.08.